The van der Waals surface area contributed by atoms with Gasteiger partial charge in [0.1, 0.15) is 5.75 Å². The minimum absolute atomic E-state index is 0.0409. The van der Waals surface area contributed by atoms with Crippen LogP contribution in [0.4, 0.5) is 4.79 Å². The maximum Gasteiger partial charge on any atom is 0.409 e. The summed E-state index contributed by atoms with van der Waals surface area (Å²) in [6.07, 6.45) is -0.288. The second-order valence-electron chi connectivity index (χ2n) is 5.57. The van der Waals surface area contributed by atoms with E-state index in [0.717, 1.165) is 11.3 Å². The van der Waals surface area contributed by atoms with Crippen LogP contribution < -0.4 is 4.74 Å². The van der Waals surface area contributed by atoms with Gasteiger partial charge in [0.15, 0.2) is 6.10 Å². The molecule has 2 aliphatic rings. The van der Waals surface area contributed by atoms with Crippen LogP contribution in [0.15, 0.2) is 18.2 Å². The highest BCUT2D eigenvalue weighted by Crippen LogP contribution is 2.31. The molecule has 2 amide bonds. The molecule has 1 fully saturated rings. The lowest BCUT2D eigenvalue weighted by Gasteiger charge is -2.35. The van der Waals surface area contributed by atoms with Gasteiger partial charge in [-0.05, 0) is 30.7 Å². The Morgan fingerprint density at radius 2 is 1.96 bits per heavy atom. The molecule has 124 valence electrons. The molecule has 23 heavy (non-hydrogen) atoms. The first-order valence-corrected chi connectivity index (χ1v) is 8.12. The Balaban J connectivity index is 1.56. The monoisotopic (exact) mass is 338 g/mol. The lowest BCUT2D eigenvalue weighted by Crippen LogP contribution is -2.53. The number of hydrogen-bond donors (Lipinski definition) is 0. The lowest BCUT2D eigenvalue weighted by molar-refractivity contribution is -0.139. The summed E-state index contributed by atoms with van der Waals surface area (Å²) in [5.41, 5.74) is 0.959. The fourth-order valence-electron chi connectivity index (χ4n) is 2.88. The van der Waals surface area contributed by atoms with E-state index in [1.54, 1.807) is 28.9 Å². The van der Waals surface area contributed by atoms with Gasteiger partial charge in [0, 0.05) is 37.6 Å². The van der Waals surface area contributed by atoms with Crippen molar-refractivity contribution in [1.29, 1.82) is 0 Å². The molecule has 0 aliphatic carbocycles. The molecular weight excluding hydrogens is 320 g/mol. The van der Waals surface area contributed by atoms with Crippen LogP contribution in [-0.4, -0.2) is 60.7 Å². The van der Waals surface area contributed by atoms with Gasteiger partial charge in [-0.1, -0.05) is 11.6 Å². The smallest absolute Gasteiger partial charge is 0.409 e. The van der Waals surface area contributed by atoms with Crippen LogP contribution in [0, 0.1) is 0 Å². The Labute approximate surface area is 139 Å². The van der Waals surface area contributed by atoms with Crippen LogP contribution in [0.5, 0.6) is 5.75 Å². The molecule has 0 radical (unpaired) electrons. The Kier molecular flexibility index (Phi) is 4.61. The molecule has 0 bridgehead atoms. The van der Waals surface area contributed by atoms with Crippen LogP contribution in [0.2, 0.25) is 5.02 Å². The molecule has 0 spiro atoms. The quantitative estimate of drug-likeness (QED) is 0.827. The van der Waals surface area contributed by atoms with Crippen LogP contribution >= 0.6 is 11.6 Å². The van der Waals surface area contributed by atoms with Gasteiger partial charge in [0.05, 0.1) is 6.61 Å². The minimum atomic E-state index is -0.502. The number of amides is 2. The van der Waals surface area contributed by atoms with Crippen molar-refractivity contribution in [3.05, 3.63) is 28.8 Å². The molecule has 0 aromatic heterocycles. The van der Waals surface area contributed by atoms with E-state index >= 15 is 0 Å². The standard InChI is InChI=1S/C16H19ClN2O4/c1-2-22-16(21)19-7-5-18(6-8-19)15(20)14-10-11-9-12(17)3-4-13(11)23-14/h3-4,9,14H,2,5-8,10H2,1H3/t14-/m1/s1. The fourth-order valence-corrected chi connectivity index (χ4v) is 3.08. The SMILES string of the molecule is CCOC(=O)N1CCN(C(=O)[C@H]2Cc3cc(Cl)ccc3O2)CC1. The van der Waals surface area contributed by atoms with Gasteiger partial charge in [0.2, 0.25) is 0 Å². The van der Waals surface area contributed by atoms with Crippen molar-refractivity contribution in [3.63, 3.8) is 0 Å². The average molecular weight is 339 g/mol. The zero-order valence-electron chi connectivity index (χ0n) is 13.0. The molecule has 1 atom stereocenters. The number of carbonyl (C=O) groups is 2. The van der Waals surface area contributed by atoms with Crippen molar-refractivity contribution in [2.75, 3.05) is 32.8 Å². The number of ether oxygens (including phenoxy) is 2. The highest BCUT2D eigenvalue weighted by Gasteiger charge is 2.34. The molecule has 7 heteroatoms. The molecule has 2 aliphatic heterocycles. The normalized spacial score (nSPS) is 20.0. The van der Waals surface area contributed by atoms with Gasteiger partial charge in [0.25, 0.3) is 5.91 Å². The summed E-state index contributed by atoms with van der Waals surface area (Å²) in [4.78, 5) is 27.6. The molecule has 2 heterocycles. The number of carbonyl (C=O) groups excluding carboxylic acids is 2. The Bertz CT molecular complexity index is 614. The van der Waals surface area contributed by atoms with Crippen molar-refractivity contribution in [1.82, 2.24) is 9.80 Å². The van der Waals surface area contributed by atoms with Gasteiger partial charge in [-0.3, -0.25) is 4.79 Å². The number of fused-ring (bicyclic) bond motifs is 1. The third-order valence-electron chi connectivity index (χ3n) is 4.09. The molecule has 0 saturated carbocycles. The maximum absolute atomic E-state index is 12.6. The molecule has 6 nitrogen and oxygen atoms in total. The van der Waals surface area contributed by atoms with Gasteiger partial charge in [-0.15, -0.1) is 0 Å². The molecule has 3 rings (SSSR count). The van der Waals surface area contributed by atoms with E-state index in [2.05, 4.69) is 0 Å². The van der Waals surface area contributed by atoms with Crippen LogP contribution in [0.3, 0.4) is 0 Å². The third kappa shape index (κ3) is 3.37. The van der Waals surface area contributed by atoms with E-state index in [1.807, 2.05) is 6.07 Å². The van der Waals surface area contributed by atoms with Crippen molar-refractivity contribution in [2.24, 2.45) is 0 Å². The van der Waals surface area contributed by atoms with E-state index in [4.69, 9.17) is 21.1 Å². The number of piperazine rings is 1. The molecule has 1 aromatic rings. The van der Waals surface area contributed by atoms with Crippen LogP contribution in [0.1, 0.15) is 12.5 Å². The number of nitrogens with zero attached hydrogens (tertiary/aromatic N) is 2. The molecular formula is C16H19ClN2O4. The number of halogens is 1. The van der Waals surface area contributed by atoms with Crippen LogP contribution in [0.25, 0.3) is 0 Å². The lowest BCUT2D eigenvalue weighted by atomic mass is 10.1. The van der Waals surface area contributed by atoms with Gasteiger partial charge in [-0.25, -0.2) is 4.79 Å². The first kappa shape index (κ1) is 15.9. The van der Waals surface area contributed by atoms with E-state index in [-0.39, 0.29) is 12.0 Å². The van der Waals surface area contributed by atoms with Crippen molar-refractivity contribution in [2.45, 2.75) is 19.4 Å². The first-order chi connectivity index (χ1) is 11.1. The summed E-state index contributed by atoms with van der Waals surface area (Å²) >= 11 is 5.97. The highest BCUT2D eigenvalue weighted by molar-refractivity contribution is 6.30. The predicted molar refractivity (Wildman–Crippen MR) is 84.7 cm³/mol. The minimum Gasteiger partial charge on any atom is -0.480 e. The zero-order valence-corrected chi connectivity index (χ0v) is 13.7. The van der Waals surface area contributed by atoms with E-state index in [1.165, 1.54) is 0 Å². The molecule has 1 saturated heterocycles. The van der Waals surface area contributed by atoms with Crippen LogP contribution in [-0.2, 0) is 16.0 Å². The topological polar surface area (TPSA) is 59.1 Å². The Morgan fingerprint density at radius 1 is 1.26 bits per heavy atom. The predicted octanol–water partition coefficient (Wildman–Crippen LogP) is 1.94. The second kappa shape index (κ2) is 6.66. The summed E-state index contributed by atoms with van der Waals surface area (Å²) < 4.78 is 10.7. The van der Waals surface area contributed by atoms with Crippen molar-refractivity contribution in [3.8, 4) is 5.75 Å². The largest absolute Gasteiger partial charge is 0.480 e. The second-order valence-corrected chi connectivity index (χ2v) is 6.01. The summed E-state index contributed by atoms with van der Waals surface area (Å²) in [5.74, 6) is 0.679. The van der Waals surface area contributed by atoms with Gasteiger partial charge in [-0.2, -0.15) is 0 Å². The molecule has 1 aromatic carbocycles. The third-order valence-corrected chi connectivity index (χ3v) is 4.32. The Morgan fingerprint density at radius 3 is 2.65 bits per heavy atom. The van der Waals surface area contributed by atoms with E-state index in [9.17, 15) is 9.59 Å². The maximum atomic E-state index is 12.6. The van der Waals surface area contributed by atoms with E-state index in [0.29, 0.717) is 44.2 Å². The summed E-state index contributed by atoms with van der Waals surface area (Å²) in [7, 11) is 0. The summed E-state index contributed by atoms with van der Waals surface area (Å²) in [5, 5.41) is 0.642. The zero-order chi connectivity index (χ0) is 16.4. The summed E-state index contributed by atoms with van der Waals surface area (Å²) in [6, 6.07) is 5.39. The number of hydrogen-bond acceptors (Lipinski definition) is 4. The molecule has 0 N–H and O–H groups in total. The number of rotatable bonds is 2. The summed E-state index contributed by atoms with van der Waals surface area (Å²) in [6.45, 7) is 4.09. The number of benzene rings is 1. The van der Waals surface area contributed by atoms with E-state index < -0.39 is 6.10 Å². The van der Waals surface area contributed by atoms with Crippen molar-refractivity contribution < 1.29 is 19.1 Å². The van der Waals surface area contributed by atoms with Gasteiger partial charge < -0.3 is 19.3 Å². The first-order valence-electron chi connectivity index (χ1n) is 7.74. The van der Waals surface area contributed by atoms with Crippen molar-refractivity contribution >= 4 is 23.6 Å². The average Bonchev–Trinajstić information content (AvgIpc) is 2.97. The van der Waals surface area contributed by atoms with Gasteiger partial charge >= 0.3 is 6.09 Å². The molecule has 0 unspecified atom stereocenters. The Hall–Kier alpha value is -1.95. The fraction of sp³-hybridized carbons (Fsp3) is 0.500. The highest BCUT2D eigenvalue weighted by atomic mass is 35.5.